The van der Waals surface area contributed by atoms with E-state index in [1.165, 1.54) is 29.1 Å². The topological polar surface area (TPSA) is 78.0 Å². The molecular formula is C11H12F3N5O. The zero-order chi connectivity index (χ0) is 14.8. The summed E-state index contributed by atoms with van der Waals surface area (Å²) in [6.07, 6.45) is -3.26. The standard InChI is InChI=1S/C11H12F3N5O/c1-19-9(6-16-18-19)10(17-15)7-3-2-4-8(5-7)20-11(12,13)14/h2-6,10,17H,15H2,1H3. The van der Waals surface area contributed by atoms with Crippen LogP contribution in [0.5, 0.6) is 5.75 Å². The summed E-state index contributed by atoms with van der Waals surface area (Å²) in [4.78, 5) is 0. The molecule has 0 fully saturated rings. The predicted molar refractivity (Wildman–Crippen MR) is 63.3 cm³/mol. The van der Waals surface area contributed by atoms with Gasteiger partial charge in [-0.25, -0.2) is 5.43 Å². The third-order valence-corrected chi connectivity index (χ3v) is 2.64. The minimum atomic E-state index is -4.74. The minimum Gasteiger partial charge on any atom is -0.406 e. The molecule has 1 aromatic carbocycles. The zero-order valence-electron chi connectivity index (χ0n) is 10.4. The molecule has 3 N–H and O–H groups in total. The number of hydrazine groups is 1. The Balaban J connectivity index is 2.32. The van der Waals surface area contributed by atoms with E-state index in [2.05, 4.69) is 20.5 Å². The van der Waals surface area contributed by atoms with Crippen molar-refractivity contribution < 1.29 is 17.9 Å². The van der Waals surface area contributed by atoms with E-state index in [1.54, 1.807) is 13.1 Å². The van der Waals surface area contributed by atoms with Gasteiger partial charge in [0.25, 0.3) is 0 Å². The van der Waals surface area contributed by atoms with Crippen molar-refractivity contribution in [2.45, 2.75) is 12.4 Å². The highest BCUT2D eigenvalue weighted by molar-refractivity contribution is 5.34. The first-order valence-corrected chi connectivity index (χ1v) is 5.57. The van der Waals surface area contributed by atoms with Crippen LogP contribution in [-0.2, 0) is 7.05 Å². The number of nitrogens with two attached hydrogens (primary N) is 1. The van der Waals surface area contributed by atoms with E-state index in [0.717, 1.165) is 0 Å². The molecule has 0 radical (unpaired) electrons. The second kappa shape index (κ2) is 5.47. The molecule has 0 aliphatic rings. The highest BCUT2D eigenvalue weighted by Crippen LogP contribution is 2.27. The molecule has 9 heteroatoms. The highest BCUT2D eigenvalue weighted by atomic mass is 19.4. The smallest absolute Gasteiger partial charge is 0.406 e. The van der Waals surface area contributed by atoms with Crippen LogP contribution in [-0.4, -0.2) is 21.4 Å². The van der Waals surface area contributed by atoms with Gasteiger partial charge in [0.1, 0.15) is 5.75 Å². The van der Waals surface area contributed by atoms with Gasteiger partial charge in [-0.3, -0.25) is 10.5 Å². The summed E-state index contributed by atoms with van der Waals surface area (Å²) in [7, 11) is 1.66. The van der Waals surface area contributed by atoms with E-state index in [-0.39, 0.29) is 5.75 Å². The summed E-state index contributed by atoms with van der Waals surface area (Å²) in [6, 6.07) is 4.99. The Labute approximate surface area is 112 Å². The van der Waals surface area contributed by atoms with Crippen LogP contribution in [0.4, 0.5) is 13.2 Å². The number of benzene rings is 1. The second-order valence-corrected chi connectivity index (χ2v) is 4.00. The third-order valence-electron chi connectivity index (χ3n) is 2.64. The highest BCUT2D eigenvalue weighted by Gasteiger charge is 2.31. The normalized spacial score (nSPS) is 13.2. The minimum absolute atomic E-state index is 0.314. The number of aryl methyl sites for hydroxylation is 1. The molecule has 0 bridgehead atoms. The SMILES string of the molecule is Cn1nncc1C(NN)c1cccc(OC(F)(F)F)c1. The average Bonchev–Trinajstić information content (AvgIpc) is 2.75. The molecule has 0 amide bonds. The molecular weight excluding hydrogens is 275 g/mol. The Kier molecular flexibility index (Phi) is 3.91. The van der Waals surface area contributed by atoms with Crippen molar-refractivity contribution >= 4 is 0 Å². The van der Waals surface area contributed by atoms with Gasteiger partial charge in [-0.05, 0) is 17.7 Å². The molecule has 20 heavy (non-hydrogen) atoms. The van der Waals surface area contributed by atoms with E-state index in [9.17, 15) is 13.2 Å². The van der Waals surface area contributed by atoms with Gasteiger partial charge in [0.05, 0.1) is 17.9 Å². The molecule has 1 aromatic heterocycles. The molecule has 6 nitrogen and oxygen atoms in total. The van der Waals surface area contributed by atoms with Crippen molar-refractivity contribution in [1.82, 2.24) is 20.4 Å². The van der Waals surface area contributed by atoms with Crippen molar-refractivity contribution in [3.63, 3.8) is 0 Å². The molecule has 108 valence electrons. The summed E-state index contributed by atoms with van der Waals surface area (Å²) < 4.78 is 42.0. The van der Waals surface area contributed by atoms with E-state index < -0.39 is 12.4 Å². The zero-order valence-corrected chi connectivity index (χ0v) is 10.4. The Morgan fingerprint density at radius 1 is 1.40 bits per heavy atom. The number of halogens is 3. The fourth-order valence-electron chi connectivity index (χ4n) is 1.80. The summed E-state index contributed by atoms with van der Waals surface area (Å²) in [5, 5.41) is 7.46. The molecule has 0 saturated heterocycles. The van der Waals surface area contributed by atoms with Gasteiger partial charge in [0.15, 0.2) is 0 Å². The molecule has 1 unspecified atom stereocenters. The van der Waals surface area contributed by atoms with Crippen LogP contribution in [0.15, 0.2) is 30.5 Å². The first kappa shape index (κ1) is 14.3. The largest absolute Gasteiger partial charge is 0.573 e. The Hall–Kier alpha value is -2.13. The van der Waals surface area contributed by atoms with Crippen LogP contribution in [0.25, 0.3) is 0 Å². The van der Waals surface area contributed by atoms with Crippen molar-refractivity contribution in [2.75, 3.05) is 0 Å². The third kappa shape index (κ3) is 3.25. The second-order valence-electron chi connectivity index (χ2n) is 4.00. The van der Waals surface area contributed by atoms with Crippen LogP contribution >= 0.6 is 0 Å². The molecule has 0 aliphatic heterocycles. The van der Waals surface area contributed by atoms with Crippen LogP contribution in [0.1, 0.15) is 17.3 Å². The van der Waals surface area contributed by atoms with Gasteiger partial charge in [-0.2, -0.15) is 0 Å². The number of rotatable bonds is 4. The monoisotopic (exact) mass is 287 g/mol. The Morgan fingerprint density at radius 2 is 2.15 bits per heavy atom. The van der Waals surface area contributed by atoms with Crippen molar-refractivity contribution in [1.29, 1.82) is 0 Å². The van der Waals surface area contributed by atoms with Gasteiger partial charge in [0, 0.05) is 7.05 Å². The summed E-state index contributed by atoms with van der Waals surface area (Å²) in [5.41, 5.74) is 3.62. The molecule has 1 atom stereocenters. The van der Waals surface area contributed by atoms with Crippen LogP contribution < -0.4 is 16.0 Å². The Morgan fingerprint density at radius 3 is 2.70 bits per heavy atom. The van der Waals surface area contributed by atoms with E-state index in [4.69, 9.17) is 5.84 Å². The lowest BCUT2D eigenvalue weighted by Crippen LogP contribution is -2.30. The van der Waals surface area contributed by atoms with E-state index in [0.29, 0.717) is 11.3 Å². The van der Waals surface area contributed by atoms with Gasteiger partial charge < -0.3 is 4.74 Å². The fourth-order valence-corrected chi connectivity index (χ4v) is 1.80. The number of hydrogen-bond donors (Lipinski definition) is 2. The maximum atomic E-state index is 12.2. The summed E-state index contributed by atoms with van der Waals surface area (Å²) in [6.45, 7) is 0. The number of aromatic nitrogens is 3. The van der Waals surface area contributed by atoms with Crippen LogP contribution in [0.2, 0.25) is 0 Å². The van der Waals surface area contributed by atoms with E-state index in [1.807, 2.05) is 0 Å². The Bertz CT molecular complexity index is 583. The maximum Gasteiger partial charge on any atom is 0.573 e. The lowest BCUT2D eigenvalue weighted by molar-refractivity contribution is -0.274. The molecule has 0 spiro atoms. The van der Waals surface area contributed by atoms with Gasteiger partial charge in [-0.15, -0.1) is 18.3 Å². The quantitative estimate of drug-likeness (QED) is 0.654. The molecule has 0 saturated carbocycles. The fraction of sp³-hybridized carbons (Fsp3) is 0.273. The van der Waals surface area contributed by atoms with Crippen molar-refractivity contribution in [2.24, 2.45) is 12.9 Å². The maximum absolute atomic E-state index is 12.2. The lowest BCUT2D eigenvalue weighted by Gasteiger charge is -2.17. The molecule has 2 aromatic rings. The van der Waals surface area contributed by atoms with Gasteiger partial charge in [-0.1, -0.05) is 17.3 Å². The number of ether oxygens (including phenoxy) is 1. The van der Waals surface area contributed by atoms with Crippen molar-refractivity contribution in [3.8, 4) is 5.75 Å². The number of hydrogen-bond acceptors (Lipinski definition) is 5. The number of alkyl halides is 3. The first-order chi connectivity index (χ1) is 9.40. The first-order valence-electron chi connectivity index (χ1n) is 5.57. The number of nitrogens with one attached hydrogen (secondary N) is 1. The van der Waals surface area contributed by atoms with E-state index >= 15 is 0 Å². The number of nitrogens with zero attached hydrogens (tertiary/aromatic N) is 3. The van der Waals surface area contributed by atoms with Crippen LogP contribution in [0, 0.1) is 0 Å². The molecule has 1 heterocycles. The predicted octanol–water partition coefficient (Wildman–Crippen LogP) is 1.27. The molecule has 0 aliphatic carbocycles. The summed E-state index contributed by atoms with van der Waals surface area (Å²) >= 11 is 0. The molecule has 2 rings (SSSR count). The van der Waals surface area contributed by atoms with Gasteiger partial charge in [0.2, 0.25) is 0 Å². The average molecular weight is 287 g/mol. The lowest BCUT2D eigenvalue weighted by atomic mass is 10.0. The van der Waals surface area contributed by atoms with Crippen molar-refractivity contribution in [3.05, 3.63) is 41.7 Å². The van der Waals surface area contributed by atoms with Gasteiger partial charge >= 0.3 is 6.36 Å². The van der Waals surface area contributed by atoms with Crippen LogP contribution in [0.3, 0.4) is 0 Å². The summed E-state index contributed by atoms with van der Waals surface area (Å²) in [5.74, 6) is 5.15.